The van der Waals surface area contributed by atoms with Crippen molar-refractivity contribution in [2.75, 3.05) is 6.61 Å². The summed E-state index contributed by atoms with van der Waals surface area (Å²) in [6.45, 7) is 2.24. The van der Waals surface area contributed by atoms with Crippen molar-refractivity contribution in [1.29, 1.82) is 0 Å². The highest BCUT2D eigenvalue weighted by Crippen LogP contribution is 2.13. The van der Waals surface area contributed by atoms with Crippen LogP contribution >= 0.6 is 0 Å². The van der Waals surface area contributed by atoms with Crippen LogP contribution in [-0.2, 0) is 14.3 Å². The second-order valence-electron chi connectivity index (χ2n) is 7.37. The molecule has 0 saturated carbocycles. The molecule has 1 N–H and O–H groups in total. The van der Waals surface area contributed by atoms with Crippen molar-refractivity contribution in [3.63, 3.8) is 0 Å². The van der Waals surface area contributed by atoms with E-state index in [1.807, 2.05) is 6.92 Å². The summed E-state index contributed by atoms with van der Waals surface area (Å²) in [4.78, 5) is 22.6. The molecule has 4 nitrogen and oxygen atoms in total. The summed E-state index contributed by atoms with van der Waals surface area (Å²) < 4.78 is 4.73. The van der Waals surface area contributed by atoms with Crippen LogP contribution in [0, 0.1) is 0 Å². The zero-order chi connectivity index (χ0) is 19.3. The molecular formula is C22H42O4. The first-order valence-electron chi connectivity index (χ1n) is 11.0. The van der Waals surface area contributed by atoms with Gasteiger partial charge in [0, 0.05) is 19.4 Å². The van der Waals surface area contributed by atoms with Gasteiger partial charge in [0.15, 0.2) is 0 Å². The van der Waals surface area contributed by atoms with E-state index in [2.05, 4.69) is 0 Å². The van der Waals surface area contributed by atoms with Crippen molar-refractivity contribution < 1.29 is 19.4 Å². The highest BCUT2D eigenvalue weighted by Gasteiger charge is 2.08. The van der Waals surface area contributed by atoms with Gasteiger partial charge in [-0.25, -0.2) is 0 Å². The third-order valence-corrected chi connectivity index (χ3v) is 4.72. The molecular weight excluding hydrogens is 328 g/mol. The van der Waals surface area contributed by atoms with Gasteiger partial charge >= 0.3 is 11.9 Å². The van der Waals surface area contributed by atoms with Gasteiger partial charge in [-0.15, -0.1) is 0 Å². The van der Waals surface area contributed by atoms with Crippen LogP contribution in [0.15, 0.2) is 0 Å². The van der Waals surface area contributed by atoms with E-state index in [0.717, 1.165) is 25.7 Å². The van der Waals surface area contributed by atoms with Gasteiger partial charge in [0.25, 0.3) is 0 Å². The largest absolute Gasteiger partial charge is 0.396 e. The van der Waals surface area contributed by atoms with E-state index in [0.29, 0.717) is 19.4 Å². The van der Waals surface area contributed by atoms with E-state index in [1.54, 1.807) is 0 Å². The molecule has 0 unspecified atom stereocenters. The summed E-state index contributed by atoms with van der Waals surface area (Å²) >= 11 is 0. The van der Waals surface area contributed by atoms with Gasteiger partial charge in [-0.05, 0) is 19.3 Å². The van der Waals surface area contributed by atoms with E-state index < -0.39 is 0 Å². The fourth-order valence-corrected chi connectivity index (χ4v) is 3.11. The molecule has 0 heterocycles. The highest BCUT2D eigenvalue weighted by molar-refractivity contribution is 5.85. The number of unbranched alkanes of at least 4 members (excludes halogenated alkanes) is 14. The highest BCUT2D eigenvalue weighted by atomic mass is 16.6. The molecule has 0 saturated heterocycles. The van der Waals surface area contributed by atoms with E-state index in [4.69, 9.17) is 9.84 Å². The maximum Gasteiger partial charge on any atom is 0.313 e. The fourth-order valence-electron chi connectivity index (χ4n) is 3.11. The van der Waals surface area contributed by atoms with Crippen molar-refractivity contribution in [1.82, 2.24) is 0 Å². The predicted octanol–water partition coefficient (Wildman–Crippen LogP) is 6.09. The summed E-state index contributed by atoms with van der Waals surface area (Å²) in [5.41, 5.74) is 0. The smallest absolute Gasteiger partial charge is 0.313 e. The normalized spacial score (nSPS) is 10.8. The lowest BCUT2D eigenvalue weighted by molar-refractivity contribution is -0.159. The van der Waals surface area contributed by atoms with Crippen LogP contribution in [0.3, 0.4) is 0 Å². The minimum absolute atomic E-state index is 0.330. The Bertz CT molecular complexity index is 328. The number of hydrogen-bond donors (Lipinski definition) is 1. The van der Waals surface area contributed by atoms with Crippen LogP contribution in [0.4, 0.5) is 0 Å². The van der Waals surface area contributed by atoms with Crippen LogP contribution in [0.5, 0.6) is 0 Å². The molecule has 0 rings (SSSR count). The number of carbonyl (C=O) groups excluding carboxylic acids is 2. The Morgan fingerprint density at radius 2 is 0.923 bits per heavy atom. The van der Waals surface area contributed by atoms with Crippen molar-refractivity contribution in [2.45, 2.75) is 122 Å². The molecule has 0 aliphatic heterocycles. The number of rotatable bonds is 19. The summed E-state index contributed by atoms with van der Waals surface area (Å²) in [7, 11) is 0. The van der Waals surface area contributed by atoms with Crippen molar-refractivity contribution in [3.05, 3.63) is 0 Å². The average Bonchev–Trinajstić information content (AvgIpc) is 2.61. The Labute approximate surface area is 161 Å². The summed E-state index contributed by atoms with van der Waals surface area (Å²) in [5, 5.41) is 8.71. The van der Waals surface area contributed by atoms with Crippen LogP contribution in [0.2, 0.25) is 0 Å². The minimum Gasteiger partial charge on any atom is -0.396 e. The molecule has 0 bridgehead atoms. The van der Waals surface area contributed by atoms with E-state index in [9.17, 15) is 9.59 Å². The minimum atomic E-state index is -0.390. The molecule has 4 heteroatoms. The van der Waals surface area contributed by atoms with Crippen LogP contribution in [0.1, 0.15) is 122 Å². The number of esters is 2. The molecule has 0 aromatic heterocycles. The number of hydrogen-bond acceptors (Lipinski definition) is 4. The Kier molecular flexibility index (Phi) is 19.7. The topological polar surface area (TPSA) is 63.6 Å². The molecule has 0 radical (unpaired) electrons. The third-order valence-electron chi connectivity index (χ3n) is 4.72. The molecule has 0 atom stereocenters. The van der Waals surface area contributed by atoms with Crippen molar-refractivity contribution in [2.24, 2.45) is 0 Å². The Balaban J connectivity index is 3.15. The fraction of sp³-hybridized carbons (Fsp3) is 0.909. The monoisotopic (exact) mass is 370 g/mol. The van der Waals surface area contributed by atoms with Gasteiger partial charge in [-0.3, -0.25) is 9.59 Å². The molecule has 0 aliphatic carbocycles. The van der Waals surface area contributed by atoms with Gasteiger partial charge in [0.05, 0.1) is 0 Å². The maximum atomic E-state index is 11.4. The molecule has 0 aromatic carbocycles. The van der Waals surface area contributed by atoms with Gasteiger partial charge in [0.1, 0.15) is 0 Å². The van der Waals surface area contributed by atoms with Crippen LogP contribution in [0.25, 0.3) is 0 Å². The first kappa shape index (κ1) is 25.1. The second-order valence-corrected chi connectivity index (χ2v) is 7.37. The molecule has 0 aliphatic rings. The van der Waals surface area contributed by atoms with Crippen LogP contribution < -0.4 is 0 Å². The molecule has 0 spiro atoms. The molecule has 154 valence electrons. The zero-order valence-electron chi connectivity index (χ0n) is 17.1. The lowest BCUT2D eigenvalue weighted by Crippen LogP contribution is -2.11. The molecule has 26 heavy (non-hydrogen) atoms. The summed E-state index contributed by atoms with van der Waals surface area (Å²) in [5.74, 6) is -0.754. The standard InChI is InChI=1S/C22H42O4/c1-2-18-21(24)26-22(25)19-16-14-12-10-8-6-4-3-5-7-9-11-13-15-17-20-23/h23H,2-20H2,1H3. The Hall–Kier alpha value is -0.900. The Morgan fingerprint density at radius 1 is 0.577 bits per heavy atom. The van der Waals surface area contributed by atoms with Crippen molar-refractivity contribution in [3.8, 4) is 0 Å². The van der Waals surface area contributed by atoms with Crippen LogP contribution in [-0.4, -0.2) is 23.7 Å². The maximum absolute atomic E-state index is 11.4. The molecule has 0 amide bonds. The van der Waals surface area contributed by atoms with E-state index >= 15 is 0 Å². The van der Waals surface area contributed by atoms with E-state index in [-0.39, 0.29) is 11.9 Å². The number of carbonyl (C=O) groups is 2. The van der Waals surface area contributed by atoms with Crippen molar-refractivity contribution >= 4 is 11.9 Å². The van der Waals surface area contributed by atoms with Gasteiger partial charge < -0.3 is 9.84 Å². The quantitative estimate of drug-likeness (QED) is 0.170. The number of aliphatic hydroxyl groups is 1. The number of aliphatic hydroxyl groups excluding tert-OH is 1. The molecule has 0 fully saturated rings. The SMILES string of the molecule is CCCC(=O)OC(=O)CCCCCCCCCCCCCCCCCO. The van der Waals surface area contributed by atoms with E-state index in [1.165, 1.54) is 77.0 Å². The lowest BCUT2D eigenvalue weighted by Gasteiger charge is -2.04. The summed E-state index contributed by atoms with van der Waals surface area (Å²) in [6.07, 6.45) is 19.8. The lowest BCUT2D eigenvalue weighted by atomic mass is 10.0. The first-order valence-corrected chi connectivity index (χ1v) is 11.0. The molecule has 0 aromatic rings. The zero-order valence-corrected chi connectivity index (χ0v) is 17.1. The van der Waals surface area contributed by atoms with Gasteiger partial charge in [-0.2, -0.15) is 0 Å². The summed E-state index contributed by atoms with van der Waals surface area (Å²) in [6, 6.07) is 0. The predicted molar refractivity (Wildman–Crippen MR) is 107 cm³/mol. The average molecular weight is 371 g/mol. The van der Waals surface area contributed by atoms with Gasteiger partial charge in [-0.1, -0.05) is 90.4 Å². The first-order chi connectivity index (χ1) is 12.7. The van der Waals surface area contributed by atoms with Gasteiger partial charge in [0.2, 0.25) is 0 Å². The third kappa shape index (κ3) is 19.4. The Morgan fingerprint density at radius 3 is 1.31 bits per heavy atom. The second kappa shape index (κ2) is 20.4. The number of ether oxygens (including phenoxy) is 1.